The lowest BCUT2D eigenvalue weighted by molar-refractivity contribution is -0.0768. The van der Waals surface area contributed by atoms with Gasteiger partial charge in [-0.15, -0.1) is 0 Å². The molecule has 0 spiro atoms. The van der Waals surface area contributed by atoms with Gasteiger partial charge in [-0.3, -0.25) is 4.90 Å². The minimum Gasteiger partial charge on any atom is -0.376 e. The van der Waals surface area contributed by atoms with Gasteiger partial charge in [0.2, 0.25) is 0 Å². The second-order valence-corrected chi connectivity index (χ2v) is 5.84. The minimum absolute atomic E-state index is 0.362. The molecule has 0 amide bonds. The van der Waals surface area contributed by atoms with Crippen LogP contribution in [0.1, 0.15) is 40.0 Å². The lowest BCUT2D eigenvalue weighted by atomic mass is 9.82. The van der Waals surface area contributed by atoms with Crippen LogP contribution in [0, 0.1) is 5.92 Å². The zero-order valence-electron chi connectivity index (χ0n) is 10.9. The smallest absolute Gasteiger partial charge is 0.0674 e. The van der Waals surface area contributed by atoms with Gasteiger partial charge in [0.05, 0.1) is 12.7 Å². The van der Waals surface area contributed by atoms with Gasteiger partial charge in [0.15, 0.2) is 0 Å². The summed E-state index contributed by atoms with van der Waals surface area (Å²) in [5.41, 5.74) is 6.30. The molecule has 5 unspecified atom stereocenters. The van der Waals surface area contributed by atoms with Crippen molar-refractivity contribution in [3.63, 3.8) is 0 Å². The molecule has 3 nitrogen and oxygen atoms in total. The number of morpholine rings is 1. The normalized spacial score (nSPS) is 46.9. The topological polar surface area (TPSA) is 38.5 Å². The van der Waals surface area contributed by atoms with Crippen molar-refractivity contribution in [1.82, 2.24) is 4.90 Å². The van der Waals surface area contributed by atoms with Crippen LogP contribution in [-0.4, -0.2) is 42.3 Å². The Bertz CT molecular complexity index is 210. The van der Waals surface area contributed by atoms with Crippen molar-refractivity contribution in [3.05, 3.63) is 0 Å². The second kappa shape index (κ2) is 5.03. The molecule has 0 radical (unpaired) electrons. The first-order valence-electron chi connectivity index (χ1n) is 6.71. The first-order valence-corrected chi connectivity index (χ1v) is 6.71. The van der Waals surface area contributed by atoms with Gasteiger partial charge in [0.1, 0.15) is 0 Å². The van der Waals surface area contributed by atoms with E-state index in [0.717, 1.165) is 19.1 Å². The highest BCUT2D eigenvalue weighted by Crippen LogP contribution is 2.29. The maximum absolute atomic E-state index is 6.30. The van der Waals surface area contributed by atoms with Gasteiger partial charge >= 0.3 is 0 Å². The number of hydrogen-bond donors (Lipinski definition) is 1. The molecule has 0 aromatic heterocycles. The van der Waals surface area contributed by atoms with Gasteiger partial charge in [-0.25, -0.2) is 0 Å². The van der Waals surface area contributed by atoms with Gasteiger partial charge in [0, 0.05) is 24.7 Å². The van der Waals surface area contributed by atoms with E-state index in [9.17, 15) is 0 Å². The molecule has 5 atom stereocenters. The predicted octanol–water partition coefficient (Wildman–Crippen LogP) is 1.61. The summed E-state index contributed by atoms with van der Waals surface area (Å²) in [5.74, 6) is 0.829. The van der Waals surface area contributed by atoms with Crippen molar-refractivity contribution in [3.8, 4) is 0 Å². The van der Waals surface area contributed by atoms with Crippen molar-refractivity contribution < 1.29 is 4.74 Å². The molecule has 16 heavy (non-hydrogen) atoms. The van der Waals surface area contributed by atoms with Gasteiger partial charge in [-0.2, -0.15) is 0 Å². The largest absolute Gasteiger partial charge is 0.376 e. The molecule has 0 bridgehead atoms. The molecule has 1 aliphatic heterocycles. The van der Waals surface area contributed by atoms with E-state index in [0.29, 0.717) is 24.2 Å². The summed E-state index contributed by atoms with van der Waals surface area (Å²) < 4.78 is 5.69. The van der Waals surface area contributed by atoms with Crippen LogP contribution < -0.4 is 5.73 Å². The number of nitrogens with zero attached hydrogens (tertiary/aromatic N) is 1. The lowest BCUT2D eigenvalue weighted by Gasteiger charge is -2.46. The van der Waals surface area contributed by atoms with E-state index in [1.807, 2.05) is 0 Å². The highest BCUT2D eigenvalue weighted by molar-refractivity contribution is 4.92. The third kappa shape index (κ3) is 2.58. The van der Waals surface area contributed by atoms with Crippen molar-refractivity contribution in [1.29, 1.82) is 0 Å². The number of nitrogens with two attached hydrogens (primary N) is 1. The first-order chi connectivity index (χ1) is 7.58. The predicted molar refractivity (Wildman–Crippen MR) is 66.4 cm³/mol. The molecule has 0 aromatic rings. The number of hydrogen-bond acceptors (Lipinski definition) is 3. The first kappa shape index (κ1) is 12.3. The molecular formula is C13H26N2O. The van der Waals surface area contributed by atoms with Crippen molar-refractivity contribution in [2.24, 2.45) is 11.7 Å². The summed E-state index contributed by atoms with van der Waals surface area (Å²) in [5, 5.41) is 0. The van der Waals surface area contributed by atoms with Crippen molar-refractivity contribution in [2.75, 3.05) is 13.2 Å². The zero-order chi connectivity index (χ0) is 11.7. The Labute approximate surface area is 99.3 Å². The van der Waals surface area contributed by atoms with Gasteiger partial charge < -0.3 is 10.5 Å². The van der Waals surface area contributed by atoms with Gasteiger partial charge in [0.25, 0.3) is 0 Å². The summed E-state index contributed by atoms with van der Waals surface area (Å²) in [7, 11) is 0. The van der Waals surface area contributed by atoms with Crippen LogP contribution in [0.25, 0.3) is 0 Å². The summed E-state index contributed by atoms with van der Waals surface area (Å²) in [6.07, 6.45) is 4.11. The molecule has 1 saturated heterocycles. The summed E-state index contributed by atoms with van der Waals surface area (Å²) in [4.78, 5) is 2.59. The summed E-state index contributed by atoms with van der Waals surface area (Å²) in [6, 6.07) is 1.46. The van der Waals surface area contributed by atoms with Crippen LogP contribution in [0.15, 0.2) is 0 Å². The van der Waals surface area contributed by atoms with Crippen LogP contribution in [-0.2, 0) is 4.74 Å². The van der Waals surface area contributed by atoms with E-state index >= 15 is 0 Å². The Kier molecular flexibility index (Phi) is 3.88. The van der Waals surface area contributed by atoms with Crippen molar-refractivity contribution >= 4 is 0 Å². The summed E-state index contributed by atoms with van der Waals surface area (Å²) >= 11 is 0. The molecule has 2 fully saturated rings. The van der Waals surface area contributed by atoms with E-state index in [1.54, 1.807) is 0 Å². The highest BCUT2D eigenvalue weighted by Gasteiger charge is 2.35. The molecule has 2 aliphatic rings. The van der Waals surface area contributed by atoms with Crippen LogP contribution in [0.4, 0.5) is 0 Å². The Hall–Kier alpha value is -0.120. The standard InChI is InChI=1S/C13H26N2O/c1-9-4-5-12(14)13(6-9)15-7-11(3)16-8-10(15)2/h9-13H,4-8,14H2,1-3H3. The molecular weight excluding hydrogens is 200 g/mol. The van der Waals surface area contributed by atoms with Crippen LogP contribution in [0.2, 0.25) is 0 Å². The van der Waals surface area contributed by atoms with E-state index in [-0.39, 0.29) is 0 Å². The van der Waals surface area contributed by atoms with Crippen LogP contribution in [0.3, 0.4) is 0 Å². The molecule has 0 aromatic carbocycles. The maximum Gasteiger partial charge on any atom is 0.0674 e. The molecule has 2 rings (SSSR count). The molecule has 1 saturated carbocycles. The fourth-order valence-corrected chi connectivity index (χ4v) is 3.15. The zero-order valence-corrected chi connectivity index (χ0v) is 10.9. The van der Waals surface area contributed by atoms with E-state index in [2.05, 4.69) is 25.7 Å². The Morgan fingerprint density at radius 1 is 1.19 bits per heavy atom. The van der Waals surface area contributed by atoms with Crippen LogP contribution >= 0.6 is 0 Å². The molecule has 2 N–H and O–H groups in total. The van der Waals surface area contributed by atoms with Gasteiger partial charge in [-0.1, -0.05) is 6.92 Å². The fraction of sp³-hybridized carbons (Fsp3) is 1.00. The summed E-state index contributed by atoms with van der Waals surface area (Å²) in [6.45, 7) is 8.69. The molecule has 3 heteroatoms. The number of rotatable bonds is 1. The third-order valence-electron chi connectivity index (χ3n) is 4.21. The van der Waals surface area contributed by atoms with E-state index in [4.69, 9.17) is 10.5 Å². The fourth-order valence-electron chi connectivity index (χ4n) is 3.15. The second-order valence-electron chi connectivity index (χ2n) is 5.84. The average Bonchev–Trinajstić information content (AvgIpc) is 2.25. The molecule has 1 heterocycles. The third-order valence-corrected chi connectivity index (χ3v) is 4.21. The number of ether oxygens (including phenoxy) is 1. The monoisotopic (exact) mass is 226 g/mol. The highest BCUT2D eigenvalue weighted by atomic mass is 16.5. The maximum atomic E-state index is 6.30. The Balaban J connectivity index is 2.02. The minimum atomic E-state index is 0.362. The van der Waals surface area contributed by atoms with E-state index in [1.165, 1.54) is 19.3 Å². The van der Waals surface area contributed by atoms with E-state index < -0.39 is 0 Å². The molecule has 94 valence electrons. The SMILES string of the molecule is CC1CCC(N)C(N2CC(C)OCC2C)C1. The van der Waals surface area contributed by atoms with Crippen molar-refractivity contribution in [2.45, 2.75) is 64.3 Å². The average molecular weight is 226 g/mol. The van der Waals surface area contributed by atoms with Crippen LogP contribution in [0.5, 0.6) is 0 Å². The quantitative estimate of drug-likeness (QED) is 0.738. The Morgan fingerprint density at radius 2 is 1.94 bits per heavy atom. The lowest BCUT2D eigenvalue weighted by Crippen LogP contribution is -2.59. The Morgan fingerprint density at radius 3 is 2.69 bits per heavy atom. The van der Waals surface area contributed by atoms with Gasteiger partial charge in [-0.05, 0) is 39.0 Å². The molecule has 1 aliphatic carbocycles.